The molecule has 2 N–H and O–H groups in total. The molecule has 154 valence electrons. The van der Waals surface area contributed by atoms with Gasteiger partial charge in [-0.2, -0.15) is 27.1 Å². The predicted molar refractivity (Wildman–Crippen MR) is 93.3 cm³/mol. The summed E-state index contributed by atoms with van der Waals surface area (Å²) in [6, 6.07) is 4.13. The van der Waals surface area contributed by atoms with Gasteiger partial charge in [0, 0.05) is 49.5 Å². The number of guanidine groups is 1. The lowest BCUT2D eigenvalue weighted by atomic mass is 10.2. The van der Waals surface area contributed by atoms with Crippen molar-refractivity contribution in [2.45, 2.75) is 25.9 Å². The number of alkyl halides is 5. The van der Waals surface area contributed by atoms with Crippen molar-refractivity contribution in [3.63, 3.8) is 0 Å². The molecule has 0 bridgehead atoms. The van der Waals surface area contributed by atoms with E-state index in [1.165, 1.54) is 38.5 Å². The molecular weight excluding hydrogens is 409 g/mol. The number of ether oxygens (including phenoxy) is 1. The van der Waals surface area contributed by atoms with Gasteiger partial charge in [0.05, 0.1) is 0 Å². The number of hydrogen-bond acceptors (Lipinski definition) is 3. The average Bonchev–Trinajstić information content (AvgIpc) is 2.98. The van der Waals surface area contributed by atoms with Crippen LogP contribution in [0.25, 0.3) is 0 Å². The molecule has 1 heterocycles. The van der Waals surface area contributed by atoms with Crippen LogP contribution in [0, 0.1) is 0 Å². The van der Waals surface area contributed by atoms with E-state index < -0.39 is 18.5 Å². The van der Waals surface area contributed by atoms with Crippen molar-refractivity contribution < 1.29 is 26.7 Å². The van der Waals surface area contributed by atoms with Gasteiger partial charge >= 0.3 is 12.8 Å². The van der Waals surface area contributed by atoms with Crippen molar-refractivity contribution in [1.82, 2.24) is 20.4 Å². The van der Waals surface area contributed by atoms with Crippen molar-refractivity contribution in [3.8, 4) is 5.75 Å². The summed E-state index contributed by atoms with van der Waals surface area (Å²) in [4.78, 5) is 3.89. The van der Waals surface area contributed by atoms with Gasteiger partial charge in [0.1, 0.15) is 5.75 Å². The lowest BCUT2D eigenvalue weighted by Gasteiger charge is -2.15. The molecule has 2 aromatic rings. The minimum absolute atomic E-state index is 0.00144. The second kappa shape index (κ2) is 9.09. The molecule has 0 atom stereocenters. The Bertz CT molecular complexity index is 837. The minimum Gasteiger partial charge on any atom is -0.434 e. The molecule has 2 rings (SSSR count). The lowest BCUT2D eigenvalue weighted by molar-refractivity contribution is -0.142. The first-order valence-electron chi connectivity index (χ1n) is 7.87. The number of nitrogens with zero attached hydrogens (tertiary/aromatic N) is 3. The van der Waals surface area contributed by atoms with Crippen LogP contribution in [-0.4, -0.2) is 29.4 Å². The van der Waals surface area contributed by atoms with Gasteiger partial charge in [0.15, 0.2) is 11.7 Å². The van der Waals surface area contributed by atoms with Gasteiger partial charge in [-0.3, -0.25) is 9.67 Å². The van der Waals surface area contributed by atoms with Crippen molar-refractivity contribution >= 4 is 17.6 Å². The Labute approximate surface area is 162 Å². The van der Waals surface area contributed by atoms with Crippen LogP contribution in [0.3, 0.4) is 0 Å². The fraction of sp³-hybridized carbons (Fsp3) is 0.375. The van der Waals surface area contributed by atoms with Crippen LogP contribution < -0.4 is 15.4 Å². The van der Waals surface area contributed by atoms with Crippen LogP contribution in [0.4, 0.5) is 22.0 Å². The molecule has 0 aliphatic heterocycles. The fourth-order valence-corrected chi connectivity index (χ4v) is 2.58. The van der Waals surface area contributed by atoms with Crippen molar-refractivity contribution in [1.29, 1.82) is 0 Å². The molecule has 28 heavy (non-hydrogen) atoms. The van der Waals surface area contributed by atoms with E-state index in [4.69, 9.17) is 11.6 Å². The summed E-state index contributed by atoms with van der Waals surface area (Å²) in [5, 5.41) is 9.26. The van der Waals surface area contributed by atoms with E-state index in [0.29, 0.717) is 10.6 Å². The Morgan fingerprint density at radius 3 is 2.46 bits per heavy atom. The van der Waals surface area contributed by atoms with Gasteiger partial charge in [0.25, 0.3) is 0 Å². The Hall–Kier alpha value is -2.56. The maximum atomic E-state index is 13.0. The largest absolute Gasteiger partial charge is 0.435 e. The SMILES string of the molecule is CN=C(NCc1cc(Cl)ccc1OC(F)F)NCc1cn(C)nc1C(F)(F)F. The van der Waals surface area contributed by atoms with Gasteiger partial charge in [-0.15, -0.1) is 0 Å². The fourth-order valence-electron chi connectivity index (χ4n) is 2.38. The monoisotopic (exact) mass is 425 g/mol. The number of rotatable bonds is 6. The average molecular weight is 426 g/mol. The standard InChI is InChI=1S/C16H17ClF5N5O/c1-23-15(25-7-10-8-27(2)26-13(10)16(20,21)22)24-6-9-5-11(17)3-4-12(9)28-14(18)19/h3-5,8,14H,6-7H2,1-2H3,(H2,23,24,25). The number of nitrogens with one attached hydrogen (secondary N) is 2. The highest BCUT2D eigenvalue weighted by atomic mass is 35.5. The lowest BCUT2D eigenvalue weighted by Crippen LogP contribution is -2.36. The maximum Gasteiger partial charge on any atom is 0.435 e. The Kier molecular flexibility index (Phi) is 7.05. The first-order valence-corrected chi connectivity index (χ1v) is 8.25. The Morgan fingerprint density at radius 1 is 1.25 bits per heavy atom. The zero-order valence-corrected chi connectivity index (χ0v) is 15.6. The zero-order valence-electron chi connectivity index (χ0n) is 14.8. The highest BCUT2D eigenvalue weighted by Gasteiger charge is 2.36. The van der Waals surface area contributed by atoms with E-state index in [2.05, 4.69) is 25.5 Å². The summed E-state index contributed by atoms with van der Waals surface area (Å²) in [5.74, 6) is 0.0777. The Balaban J connectivity index is 2.04. The number of hydrogen-bond donors (Lipinski definition) is 2. The Morgan fingerprint density at radius 2 is 1.89 bits per heavy atom. The summed E-state index contributed by atoms with van der Waals surface area (Å²) < 4.78 is 69.4. The normalized spacial score (nSPS) is 12.4. The molecule has 0 saturated heterocycles. The van der Waals surface area contributed by atoms with Crippen molar-refractivity contribution in [2.75, 3.05) is 7.05 Å². The number of aliphatic imine (C=N–C) groups is 1. The molecule has 12 heteroatoms. The third-order valence-corrected chi connectivity index (χ3v) is 3.76. The van der Waals surface area contributed by atoms with Crippen molar-refractivity contribution in [2.24, 2.45) is 12.0 Å². The predicted octanol–water partition coefficient (Wildman–Crippen LogP) is 3.56. The van der Waals surface area contributed by atoms with E-state index in [0.717, 1.165) is 4.68 Å². The van der Waals surface area contributed by atoms with Crippen LogP contribution in [-0.2, 0) is 26.3 Å². The van der Waals surface area contributed by atoms with Gasteiger partial charge in [-0.1, -0.05) is 11.6 Å². The molecule has 0 fully saturated rings. The van der Waals surface area contributed by atoms with E-state index in [1.807, 2.05) is 0 Å². The molecule has 0 aliphatic carbocycles. The first kappa shape index (κ1) is 21.7. The summed E-state index contributed by atoms with van der Waals surface area (Å²) in [5.41, 5.74) is -0.740. The van der Waals surface area contributed by atoms with Crippen LogP contribution in [0.15, 0.2) is 29.4 Å². The van der Waals surface area contributed by atoms with E-state index in [1.54, 1.807) is 0 Å². The zero-order chi connectivity index (χ0) is 20.9. The highest BCUT2D eigenvalue weighted by Crippen LogP contribution is 2.30. The topological polar surface area (TPSA) is 63.5 Å². The van der Waals surface area contributed by atoms with Gasteiger partial charge in [-0.05, 0) is 18.2 Å². The van der Waals surface area contributed by atoms with E-state index in [9.17, 15) is 22.0 Å². The summed E-state index contributed by atoms with van der Waals surface area (Å²) >= 11 is 5.87. The second-order valence-corrected chi connectivity index (χ2v) is 6.02. The van der Waals surface area contributed by atoms with Crippen LogP contribution >= 0.6 is 11.6 Å². The van der Waals surface area contributed by atoms with Crippen molar-refractivity contribution in [3.05, 3.63) is 46.2 Å². The smallest absolute Gasteiger partial charge is 0.434 e. The van der Waals surface area contributed by atoms with Gasteiger partial charge in [-0.25, -0.2) is 0 Å². The van der Waals surface area contributed by atoms with E-state index >= 15 is 0 Å². The third kappa shape index (κ3) is 5.98. The molecule has 0 aliphatic rings. The molecule has 0 radical (unpaired) electrons. The first-order chi connectivity index (χ1) is 13.1. The molecule has 0 saturated carbocycles. The van der Waals surface area contributed by atoms with Crippen LogP contribution in [0.2, 0.25) is 5.02 Å². The molecule has 1 aromatic carbocycles. The number of aromatic nitrogens is 2. The summed E-state index contributed by atoms with van der Waals surface area (Å²) in [7, 11) is 2.80. The van der Waals surface area contributed by atoms with E-state index in [-0.39, 0.29) is 30.4 Å². The molecular formula is C16H17ClF5N5O. The van der Waals surface area contributed by atoms with Crippen LogP contribution in [0.5, 0.6) is 5.75 Å². The highest BCUT2D eigenvalue weighted by molar-refractivity contribution is 6.30. The summed E-state index contributed by atoms with van der Waals surface area (Å²) in [6.07, 6.45) is -3.34. The molecule has 0 unspecified atom stereocenters. The molecule has 0 amide bonds. The third-order valence-electron chi connectivity index (χ3n) is 3.53. The number of benzene rings is 1. The second-order valence-electron chi connectivity index (χ2n) is 5.58. The van der Waals surface area contributed by atoms with Gasteiger partial charge < -0.3 is 15.4 Å². The quantitative estimate of drug-likeness (QED) is 0.422. The van der Waals surface area contributed by atoms with Gasteiger partial charge in [0.2, 0.25) is 0 Å². The number of halogens is 6. The molecule has 6 nitrogen and oxygen atoms in total. The van der Waals surface area contributed by atoms with Crippen LogP contribution in [0.1, 0.15) is 16.8 Å². The molecule has 1 aromatic heterocycles. The summed E-state index contributed by atoms with van der Waals surface area (Å²) in [6.45, 7) is -3.21. The number of aryl methyl sites for hydroxylation is 1. The maximum absolute atomic E-state index is 13.0. The minimum atomic E-state index is -4.59. The molecule has 0 spiro atoms.